The first-order chi connectivity index (χ1) is 6.40. The van der Waals surface area contributed by atoms with Gasteiger partial charge in [0.1, 0.15) is 0 Å². The number of rotatable bonds is 3. The molecule has 76 valence electrons. The summed E-state index contributed by atoms with van der Waals surface area (Å²) in [5.74, 6) is 0.864. The Hall–Kier alpha value is -0.120. The Bertz CT molecular complexity index is 155. The van der Waals surface area contributed by atoms with Gasteiger partial charge in [-0.1, -0.05) is 0 Å². The van der Waals surface area contributed by atoms with E-state index in [0.29, 0.717) is 6.04 Å². The van der Waals surface area contributed by atoms with Crippen molar-refractivity contribution < 1.29 is 4.74 Å². The van der Waals surface area contributed by atoms with Gasteiger partial charge in [-0.2, -0.15) is 0 Å². The van der Waals surface area contributed by atoms with E-state index in [2.05, 4.69) is 4.90 Å². The highest BCUT2D eigenvalue weighted by Gasteiger charge is 2.28. The first-order valence-electron chi connectivity index (χ1n) is 5.42. The fraction of sp³-hybridized carbons (Fsp3) is 1.00. The van der Waals surface area contributed by atoms with E-state index in [4.69, 9.17) is 10.5 Å². The van der Waals surface area contributed by atoms with Gasteiger partial charge >= 0.3 is 0 Å². The van der Waals surface area contributed by atoms with Gasteiger partial charge in [-0.15, -0.1) is 0 Å². The summed E-state index contributed by atoms with van der Waals surface area (Å²) in [5, 5.41) is 0. The maximum Gasteiger partial charge on any atom is 0.0469 e. The Morgan fingerprint density at radius 3 is 2.54 bits per heavy atom. The van der Waals surface area contributed by atoms with Crippen molar-refractivity contribution in [1.82, 2.24) is 4.90 Å². The van der Waals surface area contributed by atoms with Gasteiger partial charge < -0.3 is 10.5 Å². The zero-order chi connectivity index (χ0) is 9.10. The van der Waals surface area contributed by atoms with Crippen molar-refractivity contribution >= 4 is 0 Å². The quantitative estimate of drug-likeness (QED) is 0.692. The number of hydrogen-bond donors (Lipinski definition) is 1. The minimum atomic E-state index is 0.683. The maximum atomic E-state index is 5.66. The summed E-state index contributed by atoms with van der Waals surface area (Å²) in [6, 6.07) is 0.683. The van der Waals surface area contributed by atoms with Crippen LogP contribution in [0.15, 0.2) is 0 Å². The van der Waals surface area contributed by atoms with E-state index >= 15 is 0 Å². The van der Waals surface area contributed by atoms with Crippen LogP contribution in [-0.4, -0.2) is 43.8 Å². The van der Waals surface area contributed by atoms with E-state index < -0.39 is 0 Å². The molecule has 0 amide bonds. The lowest BCUT2D eigenvalue weighted by atomic mass is 9.95. The van der Waals surface area contributed by atoms with Crippen molar-refractivity contribution in [3.05, 3.63) is 0 Å². The molecule has 2 fully saturated rings. The summed E-state index contributed by atoms with van der Waals surface area (Å²) < 4.78 is 5.34. The largest absolute Gasteiger partial charge is 0.381 e. The molecular weight excluding hydrogens is 164 g/mol. The molecule has 2 N–H and O–H groups in total. The van der Waals surface area contributed by atoms with Crippen LogP contribution >= 0.6 is 0 Å². The SMILES string of the molecule is NCC1CCN1CC1CCOCC1. The molecule has 2 aliphatic rings. The Balaban J connectivity index is 1.70. The third-order valence-corrected chi connectivity index (χ3v) is 3.37. The van der Waals surface area contributed by atoms with Gasteiger partial charge in [0.15, 0.2) is 0 Å². The van der Waals surface area contributed by atoms with Crippen LogP contribution in [0.5, 0.6) is 0 Å². The van der Waals surface area contributed by atoms with Crippen molar-refractivity contribution in [3.8, 4) is 0 Å². The van der Waals surface area contributed by atoms with E-state index in [9.17, 15) is 0 Å². The number of ether oxygens (including phenoxy) is 1. The molecule has 0 aromatic rings. The smallest absolute Gasteiger partial charge is 0.0469 e. The second-order valence-corrected chi connectivity index (χ2v) is 4.23. The third-order valence-electron chi connectivity index (χ3n) is 3.37. The Kier molecular flexibility index (Phi) is 3.19. The van der Waals surface area contributed by atoms with Gasteiger partial charge in [-0.3, -0.25) is 4.90 Å². The molecule has 2 heterocycles. The summed E-state index contributed by atoms with van der Waals surface area (Å²) in [6.07, 6.45) is 3.79. The van der Waals surface area contributed by atoms with E-state index in [1.165, 1.54) is 32.4 Å². The number of likely N-dealkylation sites (tertiary alicyclic amines) is 1. The number of nitrogens with zero attached hydrogens (tertiary/aromatic N) is 1. The molecule has 0 spiro atoms. The molecule has 0 radical (unpaired) electrons. The Morgan fingerprint density at radius 1 is 1.23 bits per heavy atom. The maximum absolute atomic E-state index is 5.66. The minimum absolute atomic E-state index is 0.683. The molecule has 3 nitrogen and oxygen atoms in total. The van der Waals surface area contributed by atoms with Gasteiger partial charge in [0, 0.05) is 38.9 Å². The van der Waals surface area contributed by atoms with E-state index in [0.717, 1.165) is 25.7 Å². The zero-order valence-corrected chi connectivity index (χ0v) is 8.24. The predicted molar refractivity (Wildman–Crippen MR) is 52.6 cm³/mol. The first-order valence-corrected chi connectivity index (χ1v) is 5.42. The molecule has 0 aromatic carbocycles. The van der Waals surface area contributed by atoms with Gasteiger partial charge in [-0.25, -0.2) is 0 Å². The highest BCUT2D eigenvalue weighted by atomic mass is 16.5. The molecule has 2 aliphatic heterocycles. The van der Waals surface area contributed by atoms with Crippen LogP contribution in [0.25, 0.3) is 0 Å². The summed E-state index contributed by atoms with van der Waals surface area (Å²) in [4.78, 5) is 2.54. The molecule has 0 saturated carbocycles. The second-order valence-electron chi connectivity index (χ2n) is 4.23. The van der Waals surface area contributed by atoms with E-state index in [1.54, 1.807) is 0 Å². The van der Waals surface area contributed by atoms with E-state index in [-0.39, 0.29) is 0 Å². The third kappa shape index (κ3) is 2.22. The van der Waals surface area contributed by atoms with Gasteiger partial charge in [0.2, 0.25) is 0 Å². The second kappa shape index (κ2) is 4.40. The van der Waals surface area contributed by atoms with Crippen LogP contribution in [0.2, 0.25) is 0 Å². The lowest BCUT2D eigenvalue weighted by molar-refractivity contribution is 0.0220. The van der Waals surface area contributed by atoms with Crippen molar-refractivity contribution in [2.75, 3.05) is 32.8 Å². The lowest BCUT2D eigenvalue weighted by Crippen LogP contribution is -2.53. The van der Waals surface area contributed by atoms with Gasteiger partial charge in [0.25, 0.3) is 0 Å². The highest BCUT2D eigenvalue weighted by Crippen LogP contribution is 2.22. The average molecular weight is 184 g/mol. The fourth-order valence-corrected chi connectivity index (χ4v) is 2.26. The monoisotopic (exact) mass is 184 g/mol. The molecule has 13 heavy (non-hydrogen) atoms. The fourth-order valence-electron chi connectivity index (χ4n) is 2.26. The summed E-state index contributed by atoms with van der Waals surface area (Å²) >= 11 is 0. The molecule has 0 aromatic heterocycles. The van der Waals surface area contributed by atoms with Crippen LogP contribution in [-0.2, 0) is 4.74 Å². The summed E-state index contributed by atoms with van der Waals surface area (Å²) in [6.45, 7) is 5.28. The molecule has 1 atom stereocenters. The molecule has 1 unspecified atom stereocenters. The van der Waals surface area contributed by atoms with Crippen LogP contribution in [0.4, 0.5) is 0 Å². The molecule has 0 aliphatic carbocycles. The predicted octanol–water partition coefficient (Wildman–Crippen LogP) is 0.446. The van der Waals surface area contributed by atoms with Crippen molar-refractivity contribution in [2.24, 2.45) is 11.7 Å². The first kappa shape index (κ1) is 9.44. The van der Waals surface area contributed by atoms with Crippen LogP contribution < -0.4 is 5.73 Å². The Labute approximate surface area is 80.2 Å². The Morgan fingerprint density at radius 2 is 2.00 bits per heavy atom. The summed E-state index contributed by atoms with van der Waals surface area (Å²) in [5.41, 5.74) is 5.66. The van der Waals surface area contributed by atoms with Crippen LogP contribution in [0.1, 0.15) is 19.3 Å². The van der Waals surface area contributed by atoms with Gasteiger partial charge in [0.05, 0.1) is 0 Å². The van der Waals surface area contributed by atoms with Crippen LogP contribution in [0.3, 0.4) is 0 Å². The standard InChI is InChI=1S/C10H20N2O/c11-7-10-1-4-12(10)8-9-2-5-13-6-3-9/h9-10H,1-8,11H2. The van der Waals surface area contributed by atoms with E-state index in [1.807, 2.05) is 0 Å². The summed E-state index contributed by atoms with van der Waals surface area (Å²) in [7, 11) is 0. The highest BCUT2D eigenvalue weighted by molar-refractivity contribution is 4.85. The lowest BCUT2D eigenvalue weighted by Gasteiger charge is -2.42. The normalized spacial score (nSPS) is 31.6. The van der Waals surface area contributed by atoms with Gasteiger partial charge in [-0.05, 0) is 25.2 Å². The molecular formula is C10H20N2O. The molecule has 0 bridgehead atoms. The van der Waals surface area contributed by atoms with Crippen molar-refractivity contribution in [1.29, 1.82) is 0 Å². The number of nitrogens with two attached hydrogens (primary N) is 1. The number of hydrogen-bond acceptors (Lipinski definition) is 3. The minimum Gasteiger partial charge on any atom is -0.381 e. The molecule has 3 heteroatoms. The van der Waals surface area contributed by atoms with Crippen molar-refractivity contribution in [2.45, 2.75) is 25.3 Å². The molecule has 2 saturated heterocycles. The molecule has 2 rings (SSSR count). The van der Waals surface area contributed by atoms with Crippen LogP contribution in [0, 0.1) is 5.92 Å². The van der Waals surface area contributed by atoms with Crippen molar-refractivity contribution in [3.63, 3.8) is 0 Å². The zero-order valence-electron chi connectivity index (χ0n) is 8.24. The topological polar surface area (TPSA) is 38.5 Å². The average Bonchev–Trinajstić information content (AvgIpc) is 2.15.